The number of ketones is 1. The van der Waals surface area contributed by atoms with Gasteiger partial charge in [0.15, 0.2) is 5.78 Å². The molecule has 5 aromatic rings. The molecule has 0 saturated carbocycles. The first-order valence-electron chi connectivity index (χ1n) is 9.63. The first-order valence-corrected chi connectivity index (χ1v) is 11.4. The number of thiazole rings is 1. The van der Waals surface area contributed by atoms with Gasteiger partial charge in [0.25, 0.3) is 0 Å². The summed E-state index contributed by atoms with van der Waals surface area (Å²) in [4.78, 5) is 17.4. The van der Waals surface area contributed by atoms with Crippen molar-refractivity contribution in [3.8, 4) is 11.3 Å². The number of fused-ring (bicyclic) bond motifs is 2. The van der Waals surface area contributed by atoms with Gasteiger partial charge in [0.2, 0.25) is 0 Å². The number of thioether (sulfide) groups is 1. The number of rotatable bonds is 5. The summed E-state index contributed by atoms with van der Waals surface area (Å²) in [7, 11) is 0. The van der Waals surface area contributed by atoms with Gasteiger partial charge in [-0.25, -0.2) is 9.37 Å². The lowest BCUT2D eigenvalue weighted by Gasteiger charge is -2.06. The number of Topliss-reactive ketones (excluding diaryl/α,β-unsaturated/α-hetero) is 1. The summed E-state index contributed by atoms with van der Waals surface area (Å²) in [5.41, 5.74) is 2.86. The first-order chi connectivity index (χ1) is 15.1. The van der Waals surface area contributed by atoms with E-state index in [2.05, 4.69) is 15.2 Å². The molecule has 2 aromatic heterocycles. The highest BCUT2D eigenvalue weighted by atomic mass is 32.2. The molecule has 0 atom stereocenters. The largest absolute Gasteiger partial charge is 0.293 e. The van der Waals surface area contributed by atoms with E-state index in [4.69, 9.17) is 0 Å². The van der Waals surface area contributed by atoms with Crippen molar-refractivity contribution in [3.05, 3.63) is 83.1 Å². The topological polar surface area (TPSA) is 55.7 Å². The minimum Gasteiger partial charge on any atom is -0.293 e. The van der Waals surface area contributed by atoms with E-state index in [-0.39, 0.29) is 17.4 Å². The molecule has 0 aliphatic carbocycles. The standard InChI is InChI=1S/C24H16FN3OS2/c1-14-26-22-23(31-14)21(16-8-10-19(25)11-9-16)27-28-24(22)30-13-20(29)18-7-6-15-4-2-3-5-17(15)12-18/h2-12H,13H2,1H3. The van der Waals surface area contributed by atoms with Crippen LogP contribution in [-0.2, 0) is 0 Å². The SMILES string of the molecule is Cc1nc2c(SCC(=O)c3ccc4ccccc4c3)nnc(-c3ccc(F)cc3)c2s1. The third-order valence-electron chi connectivity index (χ3n) is 4.92. The summed E-state index contributed by atoms with van der Waals surface area (Å²) >= 11 is 2.86. The molecule has 0 unspecified atom stereocenters. The van der Waals surface area contributed by atoms with Crippen LogP contribution in [0.1, 0.15) is 15.4 Å². The van der Waals surface area contributed by atoms with Gasteiger partial charge in [0, 0.05) is 11.1 Å². The molecule has 0 saturated heterocycles. The Morgan fingerprint density at radius 1 is 1.00 bits per heavy atom. The highest BCUT2D eigenvalue weighted by molar-refractivity contribution is 8.00. The number of benzene rings is 3. The minimum atomic E-state index is -0.298. The normalized spacial score (nSPS) is 11.3. The van der Waals surface area contributed by atoms with Gasteiger partial charge in [0.1, 0.15) is 22.1 Å². The molecule has 0 N–H and O–H groups in total. The smallest absolute Gasteiger partial charge is 0.173 e. The third-order valence-corrected chi connectivity index (χ3v) is 6.85. The van der Waals surface area contributed by atoms with E-state index >= 15 is 0 Å². The maximum atomic E-state index is 13.3. The van der Waals surface area contributed by atoms with Crippen LogP contribution in [0.4, 0.5) is 4.39 Å². The van der Waals surface area contributed by atoms with Gasteiger partial charge in [-0.3, -0.25) is 4.79 Å². The van der Waals surface area contributed by atoms with Crippen molar-refractivity contribution in [2.24, 2.45) is 0 Å². The van der Waals surface area contributed by atoms with E-state index in [1.807, 2.05) is 49.4 Å². The molecular formula is C24H16FN3OS2. The van der Waals surface area contributed by atoms with E-state index < -0.39 is 0 Å². The van der Waals surface area contributed by atoms with E-state index in [1.165, 1.54) is 35.2 Å². The van der Waals surface area contributed by atoms with Crippen molar-refractivity contribution in [2.75, 3.05) is 5.75 Å². The van der Waals surface area contributed by atoms with Crippen LogP contribution >= 0.6 is 23.1 Å². The lowest BCUT2D eigenvalue weighted by molar-refractivity contribution is 0.102. The van der Waals surface area contributed by atoms with Gasteiger partial charge >= 0.3 is 0 Å². The maximum absolute atomic E-state index is 13.3. The zero-order valence-corrected chi connectivity index (χ0v) is 18.1. The molecule has 152 valence electrons. The van der Waals surface area contributed by atoms with Crippen LogP contribution in [0.15, 0.2) is 71.8 Å². The van der Waals surface area contributed by atoms with Crippen molar-refractivity contribution in [2.45, 2.75) is 11.9 Å². The van der Waals surface area contributed by atoms with Gasteiger partial charge in [-0.15, -0.1) is 21.5 Å². The average molecular weight is 446 g/mol. The van der Waals surface area contributed by atoms with Gasteiger partial charge in [-0.2, -0.15) is 0 Å². The van der Waals surface area contributed by atoms with Gasteiger partial charge in [-0.1, -0.05) is 48.2 Å². The number of carbonyl (C=O) groups is 1. The predicted molar refractivity (Wildman–Crippen MR) is 124 cm³/mol. The molecule has 0 radical (unpaired) electrons. The summed E-state index contributed by atoms with van der Waals surface area (Å²) < 4.78 is 14.2. The summed E-state index contributed by atoms with van der Waals surface area (Å²) in [5, 5.41) is 12.4. The molecule has 7 heteroatoms. The van der Waals surface area contributed by atoms with Crippen LogP contribution < -0.4 is 0 Å². The number of aryl methyl sites for hydroxylation is 1. The zero-order chi connectivity index (χ0) is 21.4. The lowest BCUT2D eigenvalue weighted by atomic mass is 10.1. The van der Waals surface area contributed by atoms with Crippen molar-refractivity contribution < 1.29 is 9.18 Å². The van der Waals surface area contributed by atoms with E-state index in [1.54, 1.807) is 12.1 Å². The van der Waals surface area contributed by atoms with E-state index in [0.29, 0.717) is 16.3 Å². The predicted octanol–water partition coefficient (Wildman–Crippen LogP) is 6.33. The molecule has 31 heavy (non-hydrogen) atoms. The Morgan fingerprint density at radius 2 is 1.77 bits per heavy atom. The number of carbonyl (C=O) groups excluding carboxylic acids is 1. The van der Waals surface area contributed by atoms with Gasteiger partial charge in [-0.05, 0) is 48.0 Å². The van der Waals surface area contributed by atoms with Crippen molar-refractivity contribution in [1.82, 2.24) is 15.2 Å². The Labute approximate surface area is 186 Å². The van der Waals surface area contributed by atoms with Crippen LogP contribution in [0, 0.1) is 12.7 Å². The summed E-state index contributed by atoms with van der Waals surface area (Å²) in [5.74, 6) is -0.0257. The molecule has 0 aliphatic heterocycles. The molecule has 0 fully saturated rings. The van der Waals surface area contributed by atoms with Crippen molar-refractivity contribution >= 4 is 49.9 Å². The molecular weight excluding hydrogens is 429 g/mol. The Kier molecular flexibility index (Phi) is 5.21. The Morgan fingerprint density at radius 3 is 2.58 bits per heavy atom. The number of aromatic nitrogens is 3. The van der Waals surface area contributed by atoms with Crippen LogP contribution in [0.25, 0.3) is 32.2 Å². The van der Waals surface area contributed by atoms with Gasteiger partial charge in [0.05, 0.1) is 15.5 Å². The molecule has 5 rings (SSSR count). The Bertz CT molecular complexity index is 1430. The summed E-state index contributed by atoms with van der Waals surface area (Å²) in [6.45, 7) is 1.92. The fourth-order valence-corrected chi connectivity index (χ4v) is 5.20. The highest BCUT2D eigenvalue weighted by Crippen LogP contribution is 2.35. The third kappa shape index (κ3) is 3.94. The highest BCUT2D eigenvalue weighted by Gasteiger charge is 2.17. The minimum absolute atomic E-state index is 0.0280. The van der Waals surface area contributed by atoms with Gasteiger partial charge < -0.3 is 0 Å². The molecule has 3 aromatic carbocycles. The monoisotopic (exact) mass is 445 g/mol. The first kappa shape index (κ1) is 19.8. The molecule has 0 amide bonds. The van der Waals surface area contributed by atoms with Crippen LogP contribution in [0.2, 0.25) is 0 Å². The Hall–Kier alpha value is -3.16. The van der Waals surface area contributed by atoms with Crippen LogP contribution in [0.5, 0.6) is 0 Å². The summed E-state index contributed by atoms with van der Waals surface area (Å²) in [6, 6.07) is 19.9. The molecule has 0 bridgehead atoms. The maximum Gasteiger partial charge on any atom is 0.173 e. The molecule has 2 heterocycles. The van der Waals surface area contributed by atoms with E-state index in [9.17, 15) is 9.18 Å². The fourth-order valence-electron chi connectivity index (χ4n) is 3.39. The number of hydrogen-bond acceptors (Lipinski definition) is 6. The Balaban J connectivity index is 1.43. The second-order valence-electron chi connectivity index (χ2n) is 7.05. The summed E-state index contributed by atoms with van der Waals surface area (Å²) in [6.07, 6.45) is 0. The quantitative estimate of drug-likeness (QED) is 0.234. The number of hydrogen-bond donors (Lipinski definition) is 0. The lowest BCUT2D eigenvalue weighted by Crippen LogP contribution is -2.03. The molecule has 0 spiro atoms. The zero-order valence-electron chi connectivity index (χ0n) is 16.5. The average Bonchev–Trinajstić information content (AvgIpc) is 3.19. The van der Waals surface area contributed by atoms with Crippen molar-refractivity contribution in [3.63, 3.8) is 0 Å². The molecule has 0 aliphatic rings. The van der Waals surface area contributed by atoms with Crippen molar-refractivity contribution in [1.29, 1.82) is 0 Å². The second kappa shape index (κ2) is 8.17. The fraction of sp³-hybridized carbons (Fsp3) is 0.0833. The number of halogens is 1. The number of nitrogens with zero attached hydrogens (tertiary/aromatic N) is 3. The van der Waals surface area contributed by atoms with Crippen LogP contribution in [-0.4, -0.2) is 26.7 Å². The van der Waals surface area contributed by atoms with Crippen LogP contribution in [0.3, 0.4) is 0 Å². The second-order valence-corrected chi connectivity index (χ2v) is 9.21. The molecule has 4 nitrogen and oxygen atoms in total. The van der Waals surface area contributed by atoms with E-state index in [0.717, 1.165) is 31.6 Å².